The number of aryl methyl sites for hydroxylation is 2. The Labute approximate surface area is 122 Å². The lowest BCUT2D eigenvalue weighted by atomic mass is 10.1. The van der Waals surface area contributed by atoms with E-state index in [9.17, 15) is 4.79 Å². The predicted octanol–water partition coefficient (Wildman–Crippen LogP) is 3.63. The van der Waals surface area contributed by atoms with Gasteiger partial charge in [-0.2, -0.15) is 0 Å². The number of carbonyl (C=O) groups is 1. The van der Waals surface area contributed by atoms with E-state index in [0.29, 0.717) is 11.1 Å². The number of para-hydroxylation sites is 1. The van der Waals surface area contributed by atoms with Crippen LogP contribution < -0.4 is 0 Å². The molecule has 0 radical (unpaired) electrons. The second-order valence-corrected chi connectivity index (χ2v) is 5.10. The summed E-state index contributed by atoms with van der Waals surface area (Å²) in [5.41, 5.74) is 5.29. The highest BCUT2D eigenvalue weighted by Gasteiger charge is 2.15. The monoisotopic (exact) mass is 280 g/mol. The van der Waals surface area contributed by atoms with Gasteiger partial charge in [0, 0.05) is 5.56 Å². The number of carbonyl (C=O) groups excluding carboxylic acids is 1. The zero-order valence-electron chi connectivity index (χ0n) is 12.2. The van der Waals surface area contributed by atoms with Crippen LogP contribution in [0.3, 0.4) is 0 Å². The van der Waals surface area contributed by atoms with Crippen LogP contribution >= 0.6 is 0 Å². The smallest absolute Gasteiger partial charge is 0.340 e. The number of aromatic nitrogens is 2. The predicted molar refractivity (Wildman–Crippen MR) is 82.3 cm³/mol. The molecule has 0 aliphatic carbocycles. The summed E-state index contributed by atoms with van der Waals surface area (Å²) in [6.07, 6.45) is 0. The minimum absolute atomic E-state index is 0.375. The zero-order chi connectivity index (χ0) is 15.0. The Morgan fingerprint density at radius 1 is 1.19 bits per heavy atom. The van der Waals surface area contributed by atoms with Gasteiger partial charge < -0.3 is 9.72 Å². The number of hydrogen-bond donors (Lipinski definition) is 1. The molecule has 0 bridgehead atoms. The fraction of sp³-hybridized carbons (Fsp3) is 0.176. The van der Waals surface area contributed by atoms with Crippen molar-refractivity contribution in [2.24, 2.45) is 0 Å². The van der Waals surface area contributed by atoms with Crippen molar-refractivity contribution in [3.8, 4) is 11.4 Å². The van der Waals surface area contributed by atoms with E-state index in [1.165, 1.54) is 12.7 Å². The lowest BCUT2D eigenvalue weighted by Gasteiger charge is -2.03. The summed E-state index contributed by atoms with van der Waals surface area (Å²) < 4.78 is 4.81. The fourth-order valence-corrected chi connectivity index (χ4v) is 2.43. The minimum Gasteiger partial charge on any atom is -0.465 e. The van der Waals surface area contributed by atoms with E-state index >= 15 is 0 Å². The Kier molecular flexibility index (Phi) is 3.22. The summed E-state index contributed by atoms with van der Waals surface area (Å²) in [6.45, 7) is 4.09. The average Bonchev–Trinajstić information content (AvgIpc) is 2.92. The standard InChI is InChI=1S/C17H16N2O2/c1-10-7-8-11(2)13(9-10)16-18-14-6-4-5-12(15(14)19-16)17(20)21-3/h4-9H,1-3H3,(H,18,19). The number of nitrogens with zero attached hydrogens (tertiary/aromatic N) is 1. The molecule has 1 heterocycles. The van der Waals surface area contributed by atoms with Crippen molar-refractivity contribution in [2.45, 2.75) is 13.8 Å². The van der Waals surface area contributed by atoms with Crippen LogP contribution in [-0.4, -0.2) is 23.0 Å². The largest absolute Gasteiger partial charge is 0.465 e. The van der Waals surface area contributed by atoms with Gasteiger partial charge in [-0.15, -0.1) is 0 Å². The Hall–Kier alpha value is -2.62. The lowest BCUT2D eigenvalue weighted by Crippen LogP contribution is -2.01. The van der Waals surface area contributed by atoms with Gasteiger partial charge in [-0.25, -0.2) is 9.78 Å². The van der Waals surface area contributed by atoms with E-state index in [1.54, 1.807) is 6.07 Å². The second-order valence-electron chi connectivity index (χ2n) is 5.10. The molecule has 4 heteroatoms. The van der Waals surface area contributed by atoms with Gasteiger partial charge in [0.15, 0.2) is 0 Å². The van der Waals surface area contributed by atoms with E-state index in [4.69, 9.17) is 4.74 Å². The first-order chi connectivity index (χ1) is 10.1. The first kappa shape index (κ1) is 13.4. The van der Waals surface area contributed by atoms with Crippen molar-refractivity contribution in [3.63, 3.8) is 0 Å². The van der Waals surface area contributed by atoms with Crippen LogP contribution in [-0.2, 0) is 4.74 Å². The number of H-pyrrole nitrogens is 1. The van der Waals surface area contributed by atoms with Gasteiger partial charge in [0.05, 0.1) is 18.2 Å². The molecule has 106 valence electrons. The molecule has 4 nitrogen and oxygen atoms in total. The minimum atomic E-state index is -0.375. The third-order valence-corrected chi connectivity index (χ3v) is 3.57. The summed E-state index contributed by atoms with van der Waals surface area (Å²) in [5, 5.41) is 0. The number of benzene rings is 2. The van der Waals surface area contributed by atoms with E-state index in [0.717, 1.165) is 22.5 Å². The molecule has 1 N–H and O–H groups in total. The van der Waals surface area contributed by atoms with Crippen LogP contribution in [0.2, 0.25) is 0 Å². The lowest BCUT2D eigenvalue weighted by molar-refractivity contribution is 0.0603. The molecule has 0 saturated carbocycles. The van der Waals surface area contributed by atoms with Crippen molar-refractivity contribution in [1.29, 1.82) is 0 Å². The van der Waals surface area contributed by atoms with Crippen LogP contribution in [0, 0.1) is 13.8 Å². The fourth-order valence-electron chi connectivity index (χ4n) is 2.43. The highest BCUT2D eigenvalue weighted by atomic mass is 16.5. The van der Waals surface area contributed by atoms with Gasteiger partial charge in [-0.3, -0.25) is 0 Å². The third kappa shape index (κ3) is 2.29. The van der Waals surface area contributed by atoms with Crippen molar-refractivity contribution in [3.05, 3.63) is 53.1 Å². The molecule has 1 aromatic heterocycles. The Morgan fingerprint density at radius 2 is 2.00 bits per heavy atom. The van der Waals surface area contributed by atoms with Gasteiger partial charge in [-0.05, 0) is 37.6 Å². The molecule has 3 aromatic rings. The van der Waals surface area contributed by atoms with Crippen LogP contribution in [0.25, 0.3) is 22.4 Å². The summed E-state index contributed by atoms with van der Waals surface area (Å²) in [5.74, 6) is 0.391. The molecule has 3 rings (SSSR count). The molecule has 0 amide bonds. The maximum atomic E-state index is 11.8. The Bertz CT molecular complexity index is 834. The number of esters is 1. The van der Waals surface area contributed by atoms with E-state index in [-0.39, 0.29) is 5.97 Å². The maximum absolute atomic E-state index is 11.8. The molecule has 2 aromatic carbocycles. The summed E-state index contributed by atoms with van der Waals surface area (Å²) in [4.78, 5) is 19.7. The van der Waals surface area contributed by atoms with Gasteiger partial charge in [0.25, 0.3) is 0 Å². The molecular formula is C17H16N2O2. The quantitative estimate of drug-likeness (QED) is 0.729. The molecular weight excluding hydrogens is 264 g/mol. The van der Waals surface area contributed by atoms with Crippen molar-refractivity contribution >= 4 is 17.0 Å². The van der Waals surface area contributed by atoms with Crippen LogP contribution in [0.15, 0.2) is 36.4 Å². The molecule has 0 aliphatic rings. The number of rotatable bonds is 2. The Balaban J connectivity index is 2.22. The summed E-state index contributed by atoms with van der Waals surface area (Å²) >= 11 is 0. The molecule has 21 heavy (non-hydrogen) atoms. The van der Waals surface area contributed by atoms with Gasteiger partial charge in [0.2, 0.25) is 0 Å². The zero-order valence-corrected chi connectivity index (χ0v) is 12.2. The molecule has 0 spiro atoms. The topological polar surface area (TPSA) is 55.0 Å². The molecule has 0 unspecified atom stereocenters. The number of nitrogens with one attached hydrogen (secondary N) is 1. The number of hydrogen-bond acceptors (Lipinski definition) is 3. The number of ether oxygens (including phenoxy) is 1. The molecule has 0 atom stereocenters. The van der Waals surface area contributed by atoms with E-state index in [1.807, 2.05) is 26.0 Å². The first-order valence-electron chi connectivity index (χ1n) is 6.75. The third-order valence-electron chi connectivity index (χ3n) is 3.57. The van der Waals surface area contributed by atoms with Crippen LogP contribution in [0.4, 0.5) is 0 Å². The van der Waals surface area contributed by atoms with E-state index < -0.39 is 0 Å². The maximum Gasteiger partial charge on any atom is 0.340 e. The van der Waals surface area contributed by atoms with Gasteiger partial charge >= 0.3 is 5.97 Å². The summed E-state index contributed by atoms with van der Waals surface area (Å²) in [7, 11) is 1.37. The average molecular weight is 280 g/mol. The van der Waals surface area contributed by atoms with Crippen molar-refractivity contribution in [2.75, 3.05) is 7.11 Å². The van der Waals surface area contributed by atoms with Gasteiger partial charge in [0.1, 0.15) is 11.3 Å². The van der Waals surface area contributed by atoms with Crippen LogP contribution in [0.5, 0.6) is 0 Å². The molecule has 0 fully saturated rings. The Morgan fingerprint density at radius 3 is 2.76 bits per heavy atom. The highest BCUT2D eigenvalue weighted by Crippen LogP contribution is 2.26. The normalized spacial score (nSPS) is 10.8. The van der Waals surface area contributed by atoms with Crippen molar-refractivity contribution < 1.29 is 9.53 Å². The first-order valence-corrected chi connectivity index (χ1v) is 6.75. The summed E-state index contributed by atoms with van der Waals surface area (Å²) in [6, 6.07) is 11.7. The molecule has 0 aliphatic heterocycles. The SMILES string of the molecule is COC(=O)c1cccc2[nH]c(-c3cc(C)ccc3C)nc12. The van der Waals surface area contributed by atoms with E-state index in [2.05, 4.69) is 28.2 Å². The number of methoxy groups -OCH3 is 1. The van der Waals surface area contributed by atoms with Crippen LogP contribution in [0.1, 0.15) is 21.5 Å². The number of aromatic amines is 1. The van der Waals surface area contributed by atoms with Crippen molar-refractivity contribution in [1.82, 2.24) is 9.97 Å². The molecule has 0 saturated heterocycles. The second kappa shape index (κ2) is 5.05. The van der Waals surface area contributed by atoms with Gasteiger partial charge in [-0.1, -0.05) is 23.8 Å². The number of imidazole rings is 1. The highest BCUT2D eigenvalue weighted by molar-refractivity contribution is 6.02. The number of fused-ring (bicyclic) bond motifs is 1.